The van der Waals surface area contributed by atoms with Gasteiger partial charge in [0, 0.05) is 10.6 Å². The lowest BCUT2D eigenvalue weighted by Crippen LogP contribution is -2.54. The second kappa shape index (κ2) is 7.01. The first kappa shape index (κ1) is 20.6. The average Bonchev–Trinajstić information content (AvgIpc) is 2.60. The number of hydrogen-bond acceptors (Lipinski definition) is 4. The summed E-state index contributed by atoms with van der Waals surface area (Å²) in [5.41, 5.74) is 6.54. The largest absolute Gasteiger partial charge is 0.386 e. The second-order valence-electron chi connectivity index (χ2n) is 7.66. The molecule has 1 atom stereocenters. The van der Waals surface area contributed by atoms with Gasteiger partial charge in [0.1, 0.15) is 21.9 Å². The lowest BCUT2D eigenvalue weighted by Gasteiger charge is -2.38. The number of benzene rings is 2. The standard InChI is InChI=1S/C21H22ClFN2O2S/c1-20(2)19(24)25-21(3,13-28(20,26)27)17-12-15(8-11-18(17)23)5-4-14-6-9-16(22)10-7-14/h4-12H,13H2,1-3H3,(H2,24,25)/b5-4+/t21-/m0/s1. The van der Waals surface area contributed by atoms with Crippen molar-refractivity contribution in [2.75, 3.05) is 5.75 Å². The summed E-state index contributed by atoms with van der Waals surface area (Å²) in [5.74, 6) is -0.838. The second-order valence-corrected chi connectivity index (χ2v) is 10.6. The smallest absolute Gasteiger partial charge is 0.165 e. The maximum absolute atomic E-state index is 14.6. The Kier molecular flexibility index (Phi) is 5.15. The van der Waals surface area contributed by atoms with Gasteiger partial charge in [-0.3, -0.25) is 4.99 Å². The van der Waals surface area contributed by atoms with Crippen LogP contribution in [0, 0.1) is 5.82 Å². The van der Waals surface area contributed by atoms with E-state index in [-0.39, 0.29) is 17.2 Å². The molecule has 28 heavy (non-hydrogen) atoms. The molecule has 0 aromatic heterocycles. The van der Waals surface area contributed by atoms with E-state index in [1.807, 2.05) is 24.3 Å². The van der Waals surface area contributed by atoms with Crippen LogP contribution in [0.4, 0.5) is 4.39 Å². The van der Waals surface area contributed by atoms with Gasteiger partial charge in [-0.15, -0.1) is 0 Å². The van der Waals surface area contributed by atoms with E-state index < -0.39 is 25.9 Å². The van der Waals surface area contributed by atoms with Gasteiger partial charge in [0.05, 0.1) is 5.75 Å². The van der Waals surface area contributed by atoms with E-state index >= 15 is 0 Å². The van der Waals surface area contributed by atoms with Gasteiger partial charge in [0.15, 0.2) is 9.84 Å². The van der Waals surface area contributed by atoms with Crippen molar-refractivity contribution >= 4 is 39.4 Å². The predicted molar refractivity (Wildman–Crippen MR) is 114 cm³/mol. The molecule has 1 aliphatic rings. The molecule has 1 heterocycles. The topological polar surface area (TPSA) is 72.5 Å². The van der Waals surface area contributed by atoms with Crippen molar-refractivity contribution in [2.45, 2.75) is 31.1 Å². The maximum atomic E-state index is 14.6. The normalized spacial score (nSPS) is 23.5. The van der Waals surface area contributed by atoms with Gasteiger partial charge in [0.2, 0.25) is 0 Å². The van der Waals surface area contributed by atoms with Gasteiger partial charge in [-0.1, -0.05) is 42.0 Å². The first-order valence-corrected chi connectivity index (χ1v) is 10.8. The van der Waals surface area contributed by atoms with Crippen LogP contribution in [0.25, 0.3) is 12.2 Å². The summed E-state index contributed by atoms with van der Waals surface area (Å²) >= 11 is 5.89. The van der Waals surface area contributed by atoms with Gasteiger partial charge >= 0.3 is 0 Å². The molecule has 1 aliphatic heterocycles. The third-order valence-electron chi connectivity index (χ3n) is 5.14. The number of rotatable bonds is 3. The van der Waals surface area contributed by atoms with E-state index in [9.17, 15) is 12.8 Å². The zero-order valence-corrected chi connectivity index (χ0v) is 17.5. The van der Waals surface area contributed by atoms with Gasteiger partial charge in [-0.25, -0.2) is 12.8 Å². The molecule has 0 unspecified atom stereocenters. The van der Waals surface area contributed by atoms with Crippen LogP contribution in [0.1, 0.15) is 37.5 Å². The molecule has 0 saturated carbocycles. The fraction of sp³-hybridized carbons (Fsp3) is 0.286. The van der Waals surface area contributed by atoms with Crippen LogP contribution in [-0.2, 0) is 15.4 Å². The molecule has 3 rings (SSSR count). The lowest BCUT2D eigenvalue weighted by atomic mass is 9.91. The third-order valence-corrected chi connectivity index (χ3v) is 8.10. The molecule has 2 aromatic carbocycles. The molecule has 7 heteroatoms. The first-order chi connectivity index (χ1) is 12.9. The fourth-order valence-electron chi connectivity index (χ4n) is 3.11. The van der Waals surface area contributed by atoms with E-state index in [1.165, 1.54) is 19.9 Å². The van der Waals surface area contributed by atoms with Crippen LogP contribution in [0.5, 0.6) is 0 Å². The van der Waals surface area contributed by atoms with E-state index in [4.69, 9.17) is 17.3 Å². The Bertz CT molecular complexity index is 1080. The van der Waals surface area contributed by atoms with Crippen molar-refractivity contribution in [1.29, 1.82) is 0 Å². The number of hydrogen-bond donors (Lipinski definition) is 1. The minimum absolute atomic E-state index is 0.0113. The van der Waals surface area contributed by atoms with Crippen molar-refractivity contribution in [3.63, 3.8) is 0 Å². The fourth-order valence-corrected chi connectivity index (χ4v) is 4.92. The molecule has 0 amide bonds. The predicted octanol–water partition coefficient (Wildman–Crippen LogP) is 4.43. The number of amidine groups is 1. The number of aliphatic imine (C=N–C) groups is 1. The highest BCUT2D eigenvalue weighted by Gasteiger charge is 2.49. The molecule has 148 valence electrons. The molecular weight excluding hydrogens is 399 g/mol. The number of sulfone groups is 1. The highest BCUT2D eigenvalue weighted by molar-refractivity contribution is 7.93. The van der Waals surface area contributed by atoms with E-state index in [0.29, 0.717) is 5.02 Å². The third kappa shape index (κ3) is 3.71. The van der Waals surface area contributed by atoms with Gasteiger partial charge in [0.25, 0.3) is 0 Å². The molecule has 0 aliphatic carbocycles. The first-order valence-electron chi connectivity index (χ1n) is 8.76. The molecule has 0 fully saturated rings. The van der Waals surface area contributed by atoms with Crippen molar-refractivity contribution in [3.05, 3.63) is 70.0 Å². The summed E-state index contributed by atoms with van der Waals surface area (Å²) in [6.07, 6.45) is 3.69. The van der Waals surface area contributed by atoms with Crippen LogP contribution >= 0.6 is 11.6 Å². The number of halogens is 2. The van der Waals surface area contributed by atoms with Crippen LogP contribution in [0.3, 0.4) is 0 Å². The molecule has 2 aromatic rings. The number of nitrogens with zero attached hydrogens (tertiary/aromatic N) is 1. The summed E-state index contributed by atoms with van der Waals surface area (Å²) in [7, 11) is -3.61. The van der Waals surface area contributed by atoms with Crippen LogP contribution in [0.2, 0.25) is 5.02 Å². The molecule has 0 radical (unpaired) electrons. The van der Waals surface area contributed by atoms with E-state index in [2.05, 4.69) is 4.99 Å². The van der Waals surface area contributed by atoms with Gasteiger partial charge < -0.3 is 5.73 Å². The Balaban J connectivity index is 2.02. The SMILES string of the molecule is CC1(C)C(N)=N[C@](C)(c2cc(/C=C/c3ccc(Cl)cc3)ccc2F)CS1(=O)=O. The van der Waals surface area contributed by atoms with Gasteiger partial charge in [-0.2, -0.15) is 0 Å². The molecule has 0 saturated heterocycles. The summed E-state index contributed by atoms with van der Waals surface area (Å²) in [6, 6.07) is 11.9. The Morgan fingerprint density at radius 1 is 1.07 bits per heavy atom. The minimum Gasteiger partial charge on any atom is -0.386 e. The Morgan fingerprint density at radius 2 is 1.64 bits per heavy atom. The zero-order chi connectivity index (χ0) is 20.7. The van der Waals surface area contributed by atoms with Crippen LogP contribution in [-0.4, -0.2) is 24.8 Å². The molecule has 4 nitrogen and oxygen atoms in total. The maximum Gasteiger partial charge on any atom is 0.165 e. The quantitative estimate of drug-likeness (QED) is 0.746. The van der Waals surface area contributed by atoms with Crippen molar-refractivity contribution in [1.82, 2.24) is 0 Å². The summed E-state index contributed by atoms with van der Waals surface area (Å²) in [4.78, 5) is 4.40. The summed E-state index contributed by atoms with van der Waals surface area (Å²) < 4.78 is 38.8. The minimum atomic E-state index is -3.61. The Labute approximate surface area is 169 Å². The van der Waals surface area contributed by atoms with Crippen molar-refractivity contribution < 1.29 is 12.8 Å². The van der Waals surface area contributed by atoms with Crippen molar-refractivity contribution in [3.8, 4) is 0 Å². The Hall–Kier alpha value is -2.18. The Morgan fingerprint density at radius 3 is 2.25 bits per heavy atom. The molecular formula is C21H22ClFN2O2S. The highest BCUT2D eigenvalue weighted by Crippen LogP contribution is 2.38. The monoisotopic (exact) mass is 420 g/mol. The highest BCUT2D eigenvalue weighted by atomic mass is 35.5. The summed E-state index contributed by atoms with van der Waals surface area (Å²) in [5, 5.41) is 0.644. The molecule has 0 bridgehead atoms. The van der Waals surface area contributed by atoms with E-state index in [0.717, 1.165) is 11.1 Å². The summed E-state index contributed by atoms with van der Waals surface area (Å²) in [6.45, 7) is 4.63. The van der Waals surface area contributed by atoms with Crippen molar-refractivity contribution in [2.24, 2.45) is 10.7 Å². The van der Waals surface area contributed by atoms with Crippen LogP contribution < -0.4 is 5.73 Å². The van der Waals surface area contributed by atoms with Gasteiger partial charge in [-0.05, 0) is 56.2 Å². The number of nitrogens with two attached hydrogens (primary N) is 1. The van der Waals surface area contributed by atoms with E-state index in [1.54, 1.807) is 31.2 Å². The lowest BCUT2D eigenvalue weighted by molar-refractivity contribution is 0.475. The zero-order valence-electron chi connectivity index (χ0n) is 15.9. The average molecular weight is 421 g/mol. The molecule has 0 spiro atoms. The van der Waals surface area contributed by atoms with Crippen LogP contribution in [0.15, 0.2) is 47.5 Å². The molecule has 2 N–H and O–H groups in total.